The molecule has 2 fully saturated rings. The van der Waals surface area contributed by atoms with Crippen LogP contribution in [0.25, 0.3) is 0 Å². The maximum absolute atomic E-state index is 3.95. The Morgan fingerprint density at radius 3 is 2.69 bits per heavy atom. The summed E-state index contributed by atoms with van der Waals surface area (Å²) < 4.78 is 1.30. The largest absolute Gasteiger partial charge is 0.132 e. The molecular weight excluding hydrogens is 348 g/mol. The van der Waals surface area contributed by atoms with E-state index in [-0.39, 0.29) is 0 Å². The number of aryl methyl sites for hydroxylation is 1. The highest BCUT2D eigenvalue weighted by Crippen LogP contribution is 2.55. The molecule has 0 nitrogen and oxygen atoms in total. The molecule has 2 bridgehead atoms. The predicted molar refractivity (Wildman–Crippen MR) is 77.4 cm³/mol. The lowest BCUT2D eigenvalue weighted by Crippen LogP contribution is -2.14. The van der Waals surface area contributed by atoms with E-state index in [1.807, 2.05) is 11.3 Å². The van der Waals surface area contributed by atoms with E-state index in [4.69, 9.17) is 0 Å². The van der Waals surface area contributed by atoms with Crippen LogP contribution in [0.5, 0.6) is 0 Å². The number of rotatable bonds is 2. The molecular formula is C13H16Br2S. The molecule has 2 aliphatic rings. The van der Waals surface area contributed by atoms with E-state index in [1.165, 1.54) is 39.9 Å². The highest BCUT2D eigenvalue weighted by Gasteiger charge is 2.43. The van der Waals surface area contributed by atoms with Crippen LogP contribution in [-0.4, -0.2) is 0 Å². The number of halogens is 2. The molecule has 3 rings (SSSR count). The second kappa shape index (κ2) is 4.40. The Balaban J connectivity index is 1.80. The van der Waals surface area contributed by atoms with Crippen molar-refractivity contribution in [3.8, 4) is 0 Å². The lowest BCUT2D eigenvalue weighted by molar-refractivity contribution is 0.331. The van der Waals surface area contributed by atoms with Crippen molar-refractivity contribution in [1.29, 1.82) is 0 Å². The van der Waals surface area contributed by atoms with Crippen molar-refractivity contribution in [3.05, 3.63) is 20.3 Å². The summed E-state index contributed by atoms with van der Waals surface area (Å²) in [5.41, 5.74) is 1.38. The zero-order valence-electron chi connectivity index (χ0n) is 9.38. The highest BCUT2D eigenvalue weighted by atomic mass is 79.9. The molecule has 1 heterocycles. The summed E-state index contributed by atoms with van der Waals surface area (Å²) in [6, 6.07) is 2.35. The van der Waals surface area contributed by atoms with Gasteiger partial charge in [-0.15, -0.1) is 11.3 Å². The quantitative estimate of drug-likeness (QED) is 0.592. The second-order valence-electron chi connectivity index (χ2n) is 5.35. The zero-order valence-corrected chi connectivity index (χ0v) is 13.4. The van der Waals surface area contributed by atoms with Crippen LogP contribution < -0.4 is 0 Å². The van der Waals surface area contributed by atoms with Gasteiger partial charge >= 0.3 is 0 Å². The Hall–Kier alpha value is 0.660. The van der Waals surface area contributed by atoms with Crippen LogP contribution in [0.15, 0.2) is 9.85 Å². The number of hydrogen-bond donors (Lipinski definition) is 0. The highest BCUT2D eigenvalue weighted by molar-refractivity contribution is 9.11. The number of hydrogen-bond acceptors (Lipinski definition) is 1. The first-order valence-electron chi connectivity index (χ1n) is 6.05. The average molecular weight is 364 g/mol. The van der Waals surface area contributed by atoms with Gasteiger partial charge in [-0.05, 0) is 71.5 Å². The molecule has 4 atom stereocenters. The van der Waals surface area contributed by atoms with Gasteiger partial charge in [0, 0.05) is 4.88 Å². The van der Waals surface area contributed by atoms with Crippen LogP contribution in [0.3, 0.4) is 0 Å². The summed E-state index contributed by atoms with van der Waals surface area (Å²) in [6.07, 6.45) is 5.92. The molecule has 4 unspecified atom stereocenters. The molecule has 0 aliphatic heterocycles. The summed E-state index contributed by atoms with van der Waals surface area (Å²) in [7, 11) is 0. The summed E-state index contributed by atoms with van der Waals surface area (Å²) in [5, 5.41) is 0. The number of fused-ring (bicyclic) bond motifs is 2. The normalized spacial score (nSPS) is 34.6. The van der Waals surface area contributed by atoms with Crippen LogP contribution >= 0.6 is 43.2 Å². The van der Waals surface area contributed by atoms with Gasteiger partial charge in [-0.2, -0.15) is 0 Å². The Morgan fingerprint density at radius 2 is 2.19 bits per heavy atom. The molecule has 0 spiro atoms. The molecule has 0 N–H and O–H groups in total. The Kier molecular flexibility index (Phi) is 3.23. The monoisotopic (exact) mass is 362 g/mol. The fourth-order valence-corrected chi connectivity index (χ4v) is 6.17. The van der Waals surface area contributed by atoms with E-state index >= 15 is 0 Å². The molecule has 2 saturated carbocycles. The van der Waals surface area contributed by atoms with Crippen molar-refractivity contribution in [2.75, 3.05) is 0 Å². The Labute approximate surface area is 118 Å². The third-order valence-corrected chi connectivity index (χ3v) is 8.01. The SMILES string of the molecule is Cc1cc(C(Br)C2CC3CCC2C3)sc1Br. The van der Waals surface area contributed by atoms with E-state index < -0.39 is 0 Å². The lowest BCUT2D eigenvalue weighted by Gasteiger charge is -2.25. The Morgan fingerprint density at radius 1 is 1.38 bits per heavy atom. The lowest BCUT2D eigenvalue weighted by atomic mass is 9.86. The molecule has 3 heteroatoms. The fourth-order valence-electron chi connectivity index (χ4n) is 3.48. The van der Waals surface area contributed by atoms with Crippen LogP contribution in [0, 0.1) is 24.7 Å². The molecule has 88 valence electrons. The molecule has 0 saturated heterocycles. The maximum atomic E-state index is 3.95. The van der Waals surface area contributed by atoms with Gasteiger partial charge in [-0.1, -0.05) is 22.4 Å². The van der Waals surface area contributed by atoms with Gasteiger partial charge in [-0.25, -0.2) is 0 Å². The van der Waals surface area contributed by atoms with E-state index in [0.29, 0.717) is 4.83 Å². The summed E-state index contributed by atoms with van der Waals surface area (Å²) in [4.78, 5) is 2.11. The predicted octanol–water partition coefficient (Wildman–Crippen LogP) is 5.69. The van der Waals surface area contributed by atoms with E-state index in [0.717, 1.165) is 17.8 Å². The first kappa shape index (κ1) is 11.7. The minimum atomic E-state index is 0.595. The number of alkyl halides is 1. The molecule has 0 radical (unpaired) electrons. The minimum Gasteiger partial charge on any atom is -0.132 e. The fraction of sp³-hybridized carbons (Fsp3) is 0.692. The average Bonchev–Trinajstić information content (AvgIpc) is 2.94. The second-order valence-corrected chi connectivity index (χ2v) is 8.73. The van der Waals surface area contributed by atoms with Crippen LogP contribution in [0.4, 0.5) is 0 Å². The van der Waals surface area contributed by atoms with Gasteiger partial charge in [0.2, 0.25) is 0 Å². The van der Waals surface area contributed by atoms with Crippen LogP contribution in [0.1, 0.15) is 41.0 Å². The van der Waals surface area contributed by atoms with Gasteiger partial charge in [0.15, 0.2) is 0 Å². The third-order valence-electron chi connectivity index (χ3n) is 4.32. The van der Waals surface area contributed by atoms with Gasteiger partial charge in [-0.3, -0.25) is 0 Å². The van der Waals surface area contributed by atoms with Gasteiger partial charge in [0.1, 0.15) is 0 Å². The Bertz CT molecular complexity index is 379. The molecule has 0 amide bonds. The van der Waals surface area contributed by atoms with Crippen molar-refractivity contribution in [1.82, 2.24) is 0 Å². The van der Waals surface area contributed by atoms with Crippen molar-refractivity contribution in [2.24, 2.45) is 17.8 Å². The number of thiophene rings is 1. The minimum absolute atomic E-state index is 0.595. The molecule has 2 aliphatic carbocycles. The van der Waals surface area contributed by atoms with E-state index in [2.05, 4.69) is 44.8 Å². The first-order valence-corrected chi connectivity index (χ1v) is 8.57. The van der Waals surface area contributed by atoms with E-state index in [1.54, 1.807) is 0 Å². The smallest absolute Gasteiger partial charge is 0.0730 e. The zero-order chi connectivity index (χ0) is 11.3. The van der Waals surface area contributed by atoms with Crippen molar-refractivity contribution in [3.63, 3.8) is 0 Å². The summed E-state index contributed by atoms with van der Waals surface area (Å²) in [6.45, 7) is 2.19. The van der Waals surface area contributed by atoms with Crippen molar-refractivity contribution in [2.45, 2.75) is 37.4 Å². The molecule has 0 aromatic carbocycles. The summed E-state index contributed by atoms with van der Waals surface area (Å²) in [5.74, 6) is 2.93. The van der Waals surface area contributed by atoms with Crippen molar-refractivity contribution >= 4 is 43.2 Å². The molecule has 1 aromatic rings. The van der Waals surface area contributed by atoms with Gasteiger partial charge in [0.25, 0.3) is 0 Å². The van der Waals surface area contributed by atoms with Crippen LogP contribution in [-0.2, 0) is 0 Å². The first-order chi connectivity index (χ1) is 7.65. The summed E-state index contributed by atoms with van der Waals surface area (Å²) >= 11 is 9.49. The van der Waals surface area contributed by atoms with Gasteiger partial charge < -0.3 is 0 Å². The molecule has 1 aromatic heterocycles. The standard InChI is InChI=1S/C13H16Br2S/c1-7-4-11(16-13(7)15)12(14)10-6-8-2-3-9(10)5-8/h4,8-10,12H,2-3,5-6H2,1H3. The maximum Gasteiger partial charge on any atom is 0.0730 e. The topological polar surface area (TPSA) is 0 Å². The molecule has 16 heavy (non-hydrogen) atoms. The van der Waals surface area contributed by atoms with Crippen molar-refractivity contribution < 1.29 is 0 Å². The van der Waals surface area contributed by atoms with Crippen LogP contribution in [0.2, 0.25) is 0 Å². The van der Waals surface area contributed by atoms with Gasteiger partial charge in [0.05, 0.1) is 8.61 Å². The third kappa shape index (κ3) is 1.93. The van der Waals surface area contributed by atoms with E-state index in [9.17, 15) is 0 Å².